The fraction of sp³-hybridized carbons (Fsp3) is 0.100. The number of hydrogen-bond donors (Lipinski definition) is 2. The Bertz CT molecular complexity index is 548. The van der Waals surface area contributed by atoms with Crippen molar-refractivity contribution >= 4 is 0 Å². The van der Waals surface area contributed by atoms with Crippen molar-refractivity contribution in [2.24, 2.45) is 0 Å². The number of pyridine rings is 1. The van der Waals surface area contributed by atoms with E-state index < -0.39 is 5.56 Å². The molecule has 0 saturated carbocycles. The molecule has 0 aliphatic rings. The standard InChI is InChI=1S/C10H9N3O3/c1-16-9-3-2-6(5-11-9)10-12-7(14)4-8(15)13-10/h2-5H,1H3,(H2,12,13,14,15). The smallest absolute Gasteiger partial charge is 0.254 e. The Morgan fingerprint density at radius 3 is 2.81 bits per heavy atom. The molecule has 0 fully saturated rings. The quantitative estimate of drug-likeness (QED) is 0.769. The van der Waals surface area contributed by atoms with Crippen LogP contribution in [0.25, 0.3) is 11.4 Å². The molecule has 6 heteroatoms. The largest absolute Gasteiger partial charge is 0.493 e. The maximum absolute atomic E-state index is 11.1. The Kier molecular flexibility index (Phi) is 2.55. The summed E-state index contributed by atoms with van der Waals surface area (Å²) in [6, 6.07) is 4.32. The highest BCUT2D eigenvalue weighted by atomic mass is 16.5. The zero-order valence-electron chi connectivity index (χ0n) is 8.47. The van der Waals surface area contributed by atoms with Gasteiger partial charge in [0.1, 0.15) is 5.82 Å². The van der Waals surface area contributed by atoms with Crippen LogP contribution in [0.15, 0.2) is 29.2 Å². The molecule has 2 N–H and O–H groups in total. The molecule has 2 rings (SSSR count). The van der Waals surface area contributed by atoms with Crippen LogP contribution in [0, 0.1) is 0 Å². The Balaban J connectivity index is 2.46. The average molecular weight is 219 g/mol. The lowest BCUT2D eigenvalue weighted by Gasteiger charge is -2.02. The van der Waals surface area contributed by atoms with Crippen LogP contribution >= 0.6 is 0 Å². The van der Waals surface area contributed by atoms with Crippen molar-refractivity contribution < 1.29 is 9.84 Å². The summed E-state index contributed by atoms with van der Waals surface area (Å²) >= 11 is 0. The number of methoxy groups -OCH3 is 1. The molecule has 0 aliphatic heterocycles. The van der Waals surface area contributed by atoms with Gasteiger partial charge in [-0.3, -0.25) is 4.79 Å². The van der Waals surface area contributed by atoms with E-state index in [2.05, 4.69) is 15.0 Å². The fourth-order valence-corrected chi connectivity index (χ4v) is 1.22. The Morgan fingerprint density at radius 2 is 2.25 bits per heavy atom. The maximum Gasteiger partial charge on any atom is 0.254 e. The van der Waals surface area contributed by atoms with Gasteiger partial charge in [-0.25, -0.2) is 4.98 Å². The summed E-state index contributed by atoms with van der Waals surface area (Å²) in [5.41, 5.74) is 0.173. The van der Waals surface area contributed by atoms with Crippen LogP contribution in [-0.4, -0.2) is 27.2 Å². The Hall–Kier alpha value is -2.37. The SMILES string of the molecule is COc1ccc(-c2nc(O)cc(=O)[nH]2)cn1. The van der Waals surface area contributed by atoms with E-state index in [1.54, 1.807) is 12.1 Å². The van der Waals surface area contributed by atoms with Gasteiger partial charge in [0.25, 0.3) is 5.56 Å². The summed E-state index contributed by atoms with van der Waals surface area (Å²) in [6.45, 7) is 0. The molecule has 0 atom stereocenters. The van der Waals surface area contributed by atoms with E-state index in [9.17, 15) is 9.90 Å². The first-order valence-corrected chi connectivity index (χ1v) is 4.50. The number of nitrogens with one attached hydrogen (secondary N) is 1. The molecule has 0 radical (unpaired) electrons. The van der Waals surface area contributed by atoms with E-state index in [1.807, 2.05) is 0 Å². The number of aromatic hydroxyl groups is 1. The summed E-state index contributed by atoms with van der Waals surface area (Å²) in [7, 11) is 1.51. The van der Waals surface area contributed by atoms with Gasteiger partial charge in [0.15, 0.2) is 0 Å². The molecule has 0 spiro atoms. The molecule has 2 heterocycles. The summed E-state index contributed by atoms with van der Waals surface area (Å²) in [4.78, 5) is 21.3. The van der Waals surface area contributed by atoms with Gasteiger partial charge in [-0.2, -0.15) is 4.98 Å². The highest BCUT2D eigenvalue weighted by Gasteiger charge is 2.03. The van der Waals surface area contributed by atoms with E-state index in [1.165, 1.54) is 13.3 Å². The number of aromatic nitrogens is 3. The van der Waals surface area contributed by atoms with Gasteiger partial charge in [0.05, 0.1) is 13.2 Å². The van der Waals surface area contributed by atoms with Gasteiger partial charge >= 0.3 is 0 Å². The molecule has 16 heavy (non-hydrogen) atoms. The monoisotopic (exact) mass is 219 g/mol. The second kappa shape index (κ2) is 4.01. The van der Waals surface area contributed by atoms with E-state index in [0.717, 1.165) is 6.07 Å². The lowest BCUT2D eigenvalue weighted by molar-refractivity contribution is 0.398. The molecular formula is C10H9N3O3. The van der Waals surface area contributed by atoms with Gasteiger partial charge in [0.2, 0.25) is 11.8 Å². The van der Waals surface area contributed by atoms with Gasteiger partial charge in [-0.05, 0) is 6.07 Å². The first-order chi connectivity index (χ1) is 7.69. The van der Waals surface area contributed by atoms with Crippen molar-refractivity contribution in [1.82, 2.24) is 15.0 Å². The number of H-pyrrole nitrogens is 1. The van der Waals surface area contributed by atoms with Crippen molar-refractivity contribution in [3.05, 3.63) is 34.7 Å². The normalized spacial score (nSPS) is 10.1. The number of hydrogen-bond acceptors (Lipinski definition) is 5. The van der Waals surface area contributed by atoms with Gasteiger partial charge in [-0.15, -0.1) is 0 Å². The predicted octanol–water partition coefficient (Wildman–Crippen LogP) is 0.546. The van der Waals surface area contributed by atoms with Gasteiger partial charge in [-0.1, -0.05) is 0 Å². The van der Waals surface area contributed by atoms with E-state index in [0.29, 0.717) is 11.4 Å². The Morgan fingerprint density at radius 1 is 1.44 bits per heavy atom. The zero-order valence-corrected chi connectivity index (χ0v) is 8.47. The summed E-state index contributed by atoms with van der Waals surface area (Å²) < 4.78 is 4.90. The van der Waals surface area contributed by atoms with Crippen LogP contribution in [0.4, 0.5) is 0 Å². The van der Waals surface area contributed by atoms with Crippen molar-refractivity contribution in [2.45, 2.75) is 0 Å². The lowest BCUT2D eigenvalue weighted by atomic mass is 10.2. The van der Waals surface area contributed by atoms with E-state index in [4.69, 9.17) is 4.74 Å². The molecule has 2 aromatic rings. The third kappa shape index (κ3) is 2.00. The van der Waals surface area contributed by atoms with Crippen LogP contribution in [0.2, 0.25) is 0 Å². The zero-order chi connectivity index (χ0) is 11.5. The first kappa shape index (κ1) is 10.2. The lowest BCUT2D eigenvalue weighted by Crippen LogP contribution is -2.06. The van der Waals surface area contributed by atoms with Crippen molar-refractivity contribution in [2.75, 3.05) is 7.11 Å². The fourth-order valence-electron chi connectivity index (χ4n) is 1.22. The van der Waals surface area contributed by atoms with Crippen LogP contribution in [0.3, 0.4) is 0 Å². The number of aromatic amines is 1. The second-order valence-electron chi connectivity index (χ2n) is 3.04. The van der Waals surface area contributed by atoms with Gasteiger partial charge in [0, 0.05) is 17.8 Å². The Labute approximate surface area is 90.6 Å². The third-order valence-corrected chi connectivity index (χ3v) is 1.95. The maximum atomic E-state index is 11.1. The van der Waals surface area contributed by atoms with Gasteiger partial charge < -0.3 is 14.8 Å². The number of rotatable bonds is 2. The minimum Gasteiger partial charge on any atom is -0.493 e. The molecular weight excluding hydrogens is 210 g/mol. The summed E-state index contributed by atoms with van der Waals surface area (Å²) in [5, 5.41) is 9.18. The molecule has 0 saturated heterocycles. The molecule has 0 aliphatic carbocycles. The number of nitrogens with zero attached hydrogens (tertiary/aromatic N) is 2. The van der Waals surface area contributed by atoms with Crippen LogP contribution < -0.4 is 10.3 Å². The van der Waals surface area contributed by atoms with Crippen molar-refractivity contribution in [1.29, 1.82) is 0 Å². The van der Waals surface area contributed by atoms with Crippen LogP contribution in [-0.2, 0) is 0 Å². The van der Waals surface area contributed by atoms with Crippen molar-refractivity contribution in [3.8, 4) is 23.1 Å². The minimum absolute atomic E-state index is 0.264. The van der Waals surface area contributed by atoms with Crippen molar-refractivity contribution in [3.63, 3.8) is 0 Å². The average Bonchev–Trinajstić information content (AvgIpc) is 2.28. The van der Waals surface area contributed by atoms with E-state index >= 15 is 0 Å². The first-order valence-electron chi connectivity index (χ1n) is 4.50. The molecule has 6 nitrogen and oxygen atoms in total. The minimum atomic E-state index is -0.418. The molecule has 2 aromatic heterocycles. The molecule has 0 bridgehead atoms. The highest BCUT2D eigenvalue weighted by molar-refractivity contribution is 5.54. The molecule has 0 aromatic carbocycles. The summed E-state index contributed by atoms with van der Waals surface area (Å²) in [6.07, 6.45) is 1.50. The van der Waals surface area contributed by atoms with Crippen LogP contribution in [0.5, 0.6) is 11.8 Å². The summed E-state index contributed by atoms with van der Waals surface area (Å²) in [5.74, 6) is 0.404. The molecule has 0 unspecified atom stereocenters. The second-order valence-corrected chi connectivity index (χ2v) is 3.04. The predicted molar refractivity (Wildman–Crippen MR) is 56.3 cm³/mol. The molecule has 82 valence electrons. The van der Waals surface area contributed by atoms with E-state index in [-0.39, 0.29) is 11.7 Å². The van der Waals surface area contributed by atoms with Crippen LogP contribution in [0.1, 0.15) is 0 Å². The third-order valence-electron chi connectivity index (χ3n) is 1.95. The molecule has 0 amide bonds. The highest BCUT2D eigenvalue weighted by Crippen LogP contribution is 2.16. The topological polar surface area (TPSA) is 88.1 Å². The number of ether oxygens (including phenoxy) is 1.